The van der Waals surface area contributed by atoms with E-state index in [1.807, 2.05) is 12.1 Å². The first kappa shape index (κ1) is 16.0. The molecule has 128 valence electrons. The van der Waals surface area contributed by atoms with E-state index in [0.29, 0.717) is 12.8 Å². The number of nitrogens with zero attached hydrogens (tertiary/aromatic N) is 1. The van der Waals surface area contributed by atoms with Gasteiger partial charge in [-0.1, -0.05) is 28.1 Å². The molecule has 24 heavy (non-hydrogen) atoms. The highest BCUT2D eigenvalue weighted by Gasteiger charge is 2.41. The molecule has 1 unspecified atom stereocenters. The highest BCUT2D eigenvalue weighted by atomic mass is 79.9. The predicted octanol–water partition coefficient (Wildman–Crippen LogP) is 4.21. The second-order valence-corrected chi connectivity index (χ2v) is 7.70. The number of hydrogen-bond acceptors (Lipinski definition) is 3. The van der Waals surface area contributed by atoms with Gasteiger partial charge in [-0.05, 0) is 56.2 Å². The maximum Gasteiger partial charge on any atom is 0.231 e. The lowest BCUT2D eigenvalue weighted by Crippen LogP contribution is -2.46. The molecule has 1 aliphatic carbocycles. The second-order valence-electron chi connectivity index (χ2n) is 6.84. The molecule has 0 N–H and O–H groups in total. The van der Waals surface area contributed by atoms with Gasteiger partial charge in [-0.15, -0.1) is 0 Å². The fourth-order valence-electron chi connectivity index (χ4n) is 4.15. The van der Waals surface area contributed by atoms with Crippen LogP contribution in [0.2, 0.25) is 0 Å². The number of amides is 1. The van der Waals surface area contributed by atoms with Gasteiger partial charge in [0.15, 0.2) is 11.5 Å². The highest BCUT2D eigenvalue weighted by Crippen LogP contribution is 2.39. The first-order chi connectivity index (χ1) is 11.7. The Labute approximate surface area is 150 Å². The molecule has 0 saturated carbocycles. The van der Waals surface area contributed by atoms with Crippen molar-refractivity contribution in [3.8, 4) is 11.5 Å². The van der Waals surface area contributed by atoms with Crippen molar-refractivity contribution >= 4 is 21.8 Å². The van der Waals surface area contributed by atoms with Crippen molar-refractivity contribution in [3.63, 3.8) is 0 Å². The summed E-state index contributed by atoms with van der Waals surface area (Å²) in [5.74, 6) is 1.81. The number of fused-ring (bicyclic) bond motifs is 1. The van der Waals surface area contributed by atoms with Crippen LogP contribution < -0.4 is 9.47 Å². The van der Waals surface area contributed by atoms with Crippen LogP contribution >= 0.6 is 15.9 Å². The minimum atomic E-state index is 0.00144. The maximum atomic E-state index is 12.9. The summed E-state index contributed by atoms with van der Waals surface area (Å²) in [5, 5.41) is 0. The van der Waals surface area contributed by atoms with Gasteiger partial charge in [0.25, 0.3) is 0 Å². The summed E-state index contributed by atoms with van der Waals surface area (Å²) in [6.45, 7) is 1.16. The maximum absolute atomic E-state index is 12.9. The van der Waals surface area contributed by atoms with Gasteiger partial charge < -0.3 is 14.4 Å². The van der Waals surface area contributed by atoms with Gasteiger partial charge in [0.05, 0.1) is 5.54 Å². The Morgan fingerprint density at radius 2 is 2.00 bits per heavy atom. The van der Waals surface area contributed by atoms with E-state index in [1.165, 1.54) is 6.42 Å². The van der Waals surface area contributed by atoms with E-state index in [9.17, 15) is 4.79 Å². The predicted molar refractivity (Wildman–Crippen MR) is 95.3 cm³/mol. The van der Waals surface area contributed by atoms with Gasteiger partial charge in [0, 0.05) is 17.4 Å². The largest absolute Gasteiger partial charge is 0.454 e. The lowest BCUT2D eigenvalue weighted by molar-refractivity contribution is -0.134. The molecular formula is C19H22BrNO3. The summed E-state index contributed by atoms with van der Waals surface area (Å²) < 4.78 is 11.8. The van der Waals surface area contributed by atoms with Crippen molar-refractivity contribution < 1.29 is 14.3 Å². The van der Waals surface area contributed by atoms with Gasteiger partial charge in [0.1, 0.15) is 0 Å². The van der Waals surface area contributed by atoms with Crippen LogP contribution in [0, 0.1) is 0 Å². The SMILES string of the molecule is O=C(CCc1cc2c(cc1Br)OCO2)N1CCCC12C=CCCC2. The normalized spacial score (nSPS) is 24.8. The molecule has 2 aliphatic heterocycles. The molecule has 1 fully saturated rings. The number of halogens is 1. The number of hydrogen-bond donors (Lipinski definition) is 0. The molecule has 1 aromatic carbocycles. The van der Waals surface area contributed by atoms with Gasteiger partial charge in [-0.25, -0.2) is 0 Å². The minimum Gasteiger partial charge on any atom is -0.454 e. The molecular weight excluding hydrogens is 370 g/mol. The molecule has 1 saturated heterocycles. The van der Waals surface area contributed by atoms with Crippen molar-refractivity contribution in [1.29, 1.82) is 0 Å². The Kier molecular flexibility index (Phi) is 4.29. The Morgan fingerprint density at radius 3 is 2.79 bits per heavy atom. The second kappa shape index (κ2) is 6.43. The van der Waals surface area contributed by atoms with Crippen molar-refractivity contribution in [1.82, 2.24) is 4.90 Å². The molecule has 5 heteroatoms. The number of benzene rings is 1. The number of carbonyl (C=O) groups is 1. The van der Waals surface area contributed by atoms with Gasteiger partial charge in [-0.2, -0.15) is 0 Å². The molecule has 4 nitrogen and oxygen atoms in total. The first-order valence-corrected chi connectivity index (χ1v) is 9.53. The fourth-order valence-corrected chi connectivity index (χ4v) is 4.67. The Hall–Kier alpha value is -1.49. The summed E-state index contributed by atoms with van der Waals surface area (Å²) in [6, 6.07) is 3.92. The molecule has 1 aromatic rings. The minimum absolute atomic E-state index is 0.00144. The standard InChI is InChI=1S/C19H22BrNO3/c20-15-12-17-16(23-13-24-17)11-14(15)5-6-18(22)21-10-4-9-19(21)7-2-1-3-8-19/h2,7,11-12H,1,3-6,8-10,13H2. The van der Waals surface area contributed by atoms with Crippen LogP contribution in [-0.2, 0) is 11.2 Å². The Balaban J connectivity index is 1.45. The average molecular weight is 392 g/mol. The van der Waals surface area contributed by atoms with E-state index in [2.05, 4.69) is 33.0 Å². The van der Waals surface area contributed by atoms with Crippen LogP contribution in [0.15, 0.2) is 28.8 Å². The zero-order valence-corrected chi connectivity index (χ0v) is 15.3. The topological polar surface area (TPSA) is 38.8 Å². The summed E-state index contributed by atoms with van der Waals surface area (Å²) in [6.07, 6.45) is 11.5. The van der Waals surface area contributed by atoms with Crippen LogP contribution in [0.4, 0.5) is 0 Å². The summed E-state index contributed by atoms with van der Waals surface area (Å²) in [5.41, 5.74) is 1.10. The van der Waals surface area contributed by atoms with E-state index in [4.69, 9.17) is 9.47 Å². The summed E-state index contributed by atoms with van der Waals surface area (Å²) >= 11 is 3.58. The third-order valence-corrected chi connectivity index (χ3v) is 6.13. The molecule has 1 atom stereocenters. The van der Waals surface area contributed by atoms with Crippen LogP contribution in [-0.4, -0.2) is 29.7 Å². The lowest BCUT2D eigenvalue weighted by Gasteiger charge is -2.38. The van der Waals surface area contributed by atoms with Crippen LogP contribution in [0.1, 0.15) is 44.1 Å². The van der Waals surface area contributed by atoms with Gasteiger partial charge in [0.2, 0.25) is 12.7 Å². The third kappa shape index (κ3) is 2.83. The number of rotatable bonds is 3. The monoisotopic (exact) mass is 391 g/mol. The average Bonchev–Trinajstić information content (AvgIpc) is 3.20. The van der Waals surface area contributed by atoms with Gasteiger partial charge in [-0.3, -0.25) is 4.79 Å². The van der Waals surface area contributed by atoms with E-state index in [0.717, 1.165) is 53.8 Å². The molecule has 0 bridgehead atoms. The van der Waals surface area contributed by atoms with Crippen LogP contribution in [0.5, 0.6) is 11.5 Å². The molecule has 3 aliphatic rings. The van der Waals surface area contributed by atoms with Crippen LogP contribution in [0.3, 0.4) is 0 Å². The molecule has 0 aromatic heterocycles. The molecule has 0 radical (unpaired) electrons. The Bertz CT molecular complexity index is 687. The van der Waals surface area contributed by atoms with E-state index in [1.54, 1.807) is 0 Å². The zero-order valence-electron chi connectivity index (χ0n) is 13.7. The summed E-state index contributed by atoms with van der Waals surface area (Å²) in [4.78, 5) is 15.0. The van der Waals surface area contributed by atoms with Crippen molar-refractivity contribution in [2.75, 3.05) is 13.3 Å². The van der Waals surface area contributed by atoms with E-state index in [-0.39, 0.29) is 18.2 Å². The quantitative estimate of drug-likeness (QED) is 0.724. The van der Waals surface area contributed by atoms with E-state index < -0.39 is 0 Å². The zero-order chi connectivity index (χ0) is 16.6. The Morgan fingerprint density at radius 1 is 1.21 bits per heavy atom. The third-order valence-electron chi connectivity index (χ3n) is 5.39. The number of aryl methyl sites for hydroxylation is 1. The lowest BCUT2D eigenvalue weighted by atomic mass is 9.85. The van der Waals surface area contributed by atoms with Crippen molar-refractivity contribution in [3.05, 3.63) is 34.3 Å². The van der Waals surface area contributed by atoms with Crippen LogP contribution in [0.25, 0.3) is 0 Å². The fraction of sp³-hybridized carbons (Fsp3) is 0.526. The molecule has 4 rings (SSSR count). The van der Waals surface area contributed by atoms with Crippen molar-refractivity contribution in [2.45, 2.75) is 50.5 Å². The number of likely N-dealkylation sites (tertiary alicyclic amines) is 1. The number of carbonyl (C=O) groups excluding carboxylic acids is 1. The molecule has 2 heterocycles. The highest BCUT2D eigenvalue weighted by molar-refractivity contribution is 9.10. The summed E-state index contributed by atoms with van der Waals surface area (Å²) in [7, 11) is 0. The first-order valence-electron chi connectivity index (χ1n) is 8.74. The smallest absolute Gasteiger partial charge is 0.231 e. The number of ether oxygens (including phenoxy) is 2. The molecule has 1 amide bonds. The van der Waals surface area contributed by atoms with Gasteiger partial charge >= 0.3 is 0 Å². The van der Waals surface area contributed by atoms with E-state index >= 15 is 0 Å². The molecule has 1 spiro atoms. The number of allylic oxidation sites excluding steroid dienone is 1. The van der Waals surface area contributed by atoms with Crippen molar-refractivity contribution in [2.24, 2.45) is 0 Å².